The second-order valence-electron chi connectivity index (χ2n) is 4.44. The molecule has 0 bridgehead atoms. The molecule has 0 saturated carbocycles. The van der Waals surface area contributed by atoms with Gasteiger partial charge in [0.25, 0.3) is 5.91 Å². The number of carbonyl (C=O) groups excluding carboxylic acids is 2. The summed E-state index contributed by atoms with van der Waals surface area (Å²) in [5.41, 5.74) is 0.876. The van der Waals surface area contributed by atoms with Crippen LogP contribution in [0.15, 0.2) is 36.5 Å². The lowest BCUT2D eigenvalue weighted by molar-refractivity contribution is -0.124. The average molecular weight is 374 g/mol. The fraction of sp³-hybridized carbons (Fsp3) is 0.133. The highest BCUT2D eigenvalue weighted by molar-refractivity contribution is 6.41. The number of aromatic nitrogens is 1. The first-order valence-corrected chi connectivity index (χ1v) is 7.59. The van der Waals surface area contributed by atoms with E-state index in [1.54, 1.807) is 18.2 Å². The Hall–Kier alpha value is -1.82. The summed E-state index contributed by atoms with van der Waals surface area (Å²) in [6.45, 7) is -0.187. The summed E-state index contributed by atoms with van der Waals surface area (Å²) in [6.07, 6.45) is 1.22. The third kappa shape index (κ3) is 5.10. The number of carbonyl (C=O) groups is 2. The molecule has 0 aliphatic rings. The molecule has 0 aliphatic heterocycles. The van der Waals surface area contributed by atoms with Crippen LogP contribution in [0, 0.1) is 0 Å². The molecule has 1 aromatic carbocycles. The minimum atomic E-state index is -0.719. The van der Waals surface area contributed by atoms with Crippen LogP contribution in [-0.4, -0.2) is 23.5 Å². The summed E-state index contributed by atoms with van der Waals surface area (Å²) in [7, 11) is 0. The van der Waals surface area contributed by atoms with E-state index in [0.29, 0.717) is 5.02 Å². The number of nitrogens with one attached hydrogen (secondary N) is 1. The fourth-order valence-corrected chi connectivity index (χ4v) is 2.11. The van der Waals surface area contributed by atoms with E-state index < -0.39 is 18.5 Å². The number of hydrogen-bond donors (Lipinski definition) is 1. The topological polar surface area (TPSA) is 68.3 Å². The van der Waals surface area contributed by atoms with Gasteiger partial charge >= 0.3 is 5.97 Å². The van der Waals surface area contributed by atoms with Crippen molar-refractivity contribution in [2.45, 2.75) is 6.54 Å². The maximum absolute atomic E-state index is 11.8. The molecule has 2 rings (SSSR count). The molecule has 1 heterocycles. The largest absolute Gasteiger partial charge is 0.452 e. The summed E-state index contributed by atoms with van der Waals surface area (Å²) in [6, 6.07) is 8.43. The second-order valence-corrected chi connectivity index (χ2v) is 5.61. The number of rotatable bonds is 5. The van der Waals surface area contributed by atoms with Crippen molar-refractivity contribution in [1.82, 2.24) is 10.3 Å². The van der Waals surface area contributed by atoms with E-state index in [4.69, 9.17) is 39.5 Å². The highest BCUT2D eigenvalue weighted by atomic mass is 35.5. The van der Waals surface area contributed by atoms with E-state index in [1.807, 2.05) is 6.07 Å². The van der Waals surface area contributed by atoms with Crippen LogP contribution in [0.5, 0.6) is 0 Å². The summed E-state index contributed by atoms with van der Waals surface area (Å²) in [5, 5.41) is 3.36. The van der Waals surface area contributed by atoms with Crippen molar-refractivity contribution in [3.63, 3.8) is 0 Å². The SMILES string of the molecule is O=C(COC(=O)c1cnc(Cl)c(Cl)c1)NCc1ccccc1Cl. The zero-order valence-corrected chi connectivity index (χ0v) is 14.0. The van der Waals surface area contributed by atoms with Crippen LogP contribution < -0.4 is 5.32 Å². The van der Waals surface area contributed by atoms with E-state index in [2.05, 4.69) is 10.3 Å². The predicted molar refractivity (Wildman–Crippen MR) is 87.8 cm³/mol. The Balaban J connectivity index is 1.83. The molecule has 8 heteroatoms. The lowest BCUT2D eigenvalue weighted by Crippen LogP contribution is -2.28. The van der Waals surface area contributed by atoms with Crippen LogP contribution in [0.3, 0.4) is 0 Å². The Labute approximate surface area is 147 Å². The zero-order chi connectivity index (χ0) is 16.8. The van der Waals surface area contributed by atoms with Gasteiger partial charge in [0.05, 0.1) is 10.6 Å². The molecule has 0 fully saturated rings. The summed E-state index contributed by atoms with van der Waals surface area (Å²) < 4.78 is 4.88. The Kier molecular flexibility index (Phi) is 6.21. The first-order chi connectivity index (χ1) is 11.0. The molecular formula is C15H11Cl3N2O3. The molecule has 0 radical (unpaired) electrons. The van der Waals surface area contributed by atoms with E-state index in [9.17, 15) is 9.59 Å². The van der Waals surface area contributed by atoms with Crippen molar-refractivity contribution in [3.05, 3.63) is 62.9 Å². The molecule has 1 aromatic heterocycles. The summed E-state index contributed by atoms with van der Waals surface area (Å²) in [4.78, 5) is 27.2. The minimum Gasteiger partial charge on any atom is -0.452 e. The van der Waals surface area contributed by atoms with Gasteiger partial charge in [-0.3, -0.25) is 4.79 Å². The zero-order valence-electron chi connectivity index (χ0n) is 11.7. The molecule has 0 unspecified atom stereocenters. The Morgan fingerprint density at radius 1 is 1.13 bits per heavy atom. The first-order valence-electron chi connectivity index (χ1n) is 6.45. The van der Waals surface area contributed by atoms with Crippen molar-refractivity contribution in [1.29, 1.82) is 0 Å². The van der Waals surface area contributed by atoms with Crippen molar-refractivity contribution in [2.75, 3.05) is 6.61 Å². The second kappa shape index (κ2) is 8.15. The van der Waals surface area contributed by atoms with Gasteiger partial charge in [0.15, 0.2) is 6.61 Å². The maximum Gasteiger partial charge on any atom is 0.340 e. The normalized spacial score (nSPS) is 10.2. The first kappa shape index (κ1) is 17.5. The number of benzene rings is 1. The van der Waals surface area contributed by atoms with Gasteiger partial charge in [-0.05, 0) is 17.7 Å². The van der Waals surface area contributed by atoms with E-state index in [1.165, 1.54) is 12.3 Å². The third-order valence-electron chi connectivity index (χ3n) is 2.80. The lowest BCUT2D eigenvalue weighted by atomic mass is 10.2. The van der Waals surface area contributed by atoms with Gasteiger partial charge in [-0.1, -0.05) is 53.0 Å². The van der Waals surface area contributed by atoms with Crippen LogP contribution in [0.25, 0.3) is 0 Å². The van der Waals surface area contributed by atoms with Gasteiger partial charge in [-0.25, -0.2) is 9.78 Å². The van der Waals surface area contributed by atoms with E-state index >= 15 is 0 Å². The highest BCUT2D eigenvalue weighted by Gasteiger charge is 2.12. The molecule has 1 N–H and O–H groups in total. The van der Waals surface area contributed by atoms with E-state index in [0.717, 1.165) is 5.56 Å². The molecule has 5 nitrogen and oxygen atoms in total. The third-order valence-corrected chi connectivity index (χ3v) is 3.85. The van der Waals surface area contributed by atoms with Gasteiger partial charge < -0.3 is 10.1 Å². The molecule has 0 aliphatic carbocycles. The number of halogens is 3. The Morgan fingerprint density at radius 2 is 1.87 bits per heavy atom. The predicted octanol–water partition coefficient (Wildman–Crippen LogP) is 3.52. The van der Waals surface area contributed by atoms with E-state index in [-0.39, 0.29) is 22.3 Å². The van der Waals surface area contributed by atoms with Crippen LogP contribution in [0.2, 0.25) is 15.2 Å². The van der Waals surface area contributed by atoms with Gasteiger partial charge in [0, 0.05) is 17.8 Å². The van der Waals surface area contributed by atoms with Gasteiger partial charge in [-0.2, -0.15) is 0 Å². The van der Waals surface area contributed by atoms with Crippen LogP contribution in [-0.2, 0) is 16.1 Å². The molecule has 23 heavy (non-hydrogen) atoms. The molecule has 0 spiro atoms. The van der Waals surface area contributed by atoms with Crippen molar-refractivity contribution in [3.8, 4) is 0 Å². The average Bonchev–Trinajstić information content (AvgIpc) is 2.54. The van der Waals surface area contributed by atoms with Crippen LogP contribution in [0.1, 0.15) is 15.9 Å². The number of hydrogen-bond acceptors (Lipinski definition) is 4. The summed E-state index contributed by atoms with van der Waals surface area (Å²) >= 11 is 17.4. The van der Waals surface area contributed by atoms with Crippen LogP contribution >= 0.6 is 34.8 Å². The van der Waals surface area contributed by atoms with Crippen molar-refractivity contribution in [2.24, 2.45) is 0 Å². The van der Waals surface area contributed by atoms with Crippen LogP contribution in [0.4, 0.5) is 0 Å². The lowest BCUT2D eigenvalue weighted by Gasteiger charge is -2.08. The Bertz CT molecular complexity index is 738. The minimum absolute atomic E-state index is 0.0840. The molecule has 1 amide bonds. The standard InChI is InChI=1S/C15H11Cl3N2O3/c16-11-4-2-1-3-9(11)6-19-13(21)8-23-15(22)10-5-12(17)14(18)20-7-10/h1-5,7H,6,8H2,(H,19,21). The van der Waals surface area contributed by atoms with Crippen molar-refractivity contribution < 1.29 is 14.3 Å². The molecule has 120 valence electrons. The number of esters is 1. The number of pyridine rings is 1. The highest BCUT2D eigenvalue weighted by Crippen LogP contribution is 2.20. The molecular weight excluding hydrogens is 363 g/mol. The smallest absolute Gasteiger partial charge is 0.340 e. The number of amides is 1. The molecule has 0 saturated heterocycles. The number of nitrogens with zero attached hydrogens (tertiary/aromatic N) is 1. The van der Waals surface area contributed by atoms with Crippen molar-refractivity contribution >= 4 is 46.7 Å². The quantitative estimate of drug-likeness (QED) is 0.643. The van der Waals surface area contributed by atoms with Gasteiger partial charge in [0.1, 0.15) is 5.15 Å². The summed E-state index contributed by atoms with van der Waals surface area (Å²) in [5.74, 6) is -1.17. The van der Waals surface area contributed by atoms with Gasteiger partial charge in [-0.15, -0.1) is 0 Å². The maximum atomic E-state index is 11.8. The Morgan fingerprint density at radius 3 is 2.57 bits per heavy atom. The molecule has 2 aromatic rings. The number of ether oxygens (including phenoxy) is 1. The monoisotopic (exact) mass is 372 g/mol. The van der Waals surface area contributed by atoms with Gasteiger partial charge in [0.2, 0.25) is 0 Å². The molecule has 0 atom stereocenters. The fourth-order valence-electron chi connectivity index (χ4n) is 1.63.